The fourth-order valence-electron chi connectivity index (χ4n) is 4.07. The Bertz CT molecular complexity index is 1400. The van der Waals surface area contributed by atoms with Crippen molar-refractivity contribution in [1.82, 2.24) is 5.43 Å². The van der Waals surface area contributed by atoms with E-state index in [1.165, 1.54) is 11.3 Å². The van der Waals surface area contributed by atoms with Crippen molar-refractivity contribution in [2.45, 2.75) is 39.5 Å². The van der Waals surface area contributed by atoms with Crippen LogP contribution in [0.1, 0.15) is 63.4 Å². The third-order valence-corrected chi connectivity index (χ3v) is 7.11. The number of amides is 2. The van der Waals surface area contributed by atoms with Crippen LogP contribution in [0.25, 0.3) is 0 Å². The first-order chi connectivity index (χ1) is 18.4. The SMILES string of the molecule is CCOC(=O)c1c(NC(=O)C(=O)N/N=C(\C)c2ccccc2OC(=O)c2ccccc2)sc2c1CCCC2. The molecule has 0 bridgehead atoms. The highest BCUT2D eigenvalue weighted by Crippen LogP contribution is 2.38. The predicted molar refractivity (Wildman–Crippen MR) is 144 cm³/mol. The average molecular weight is 534 g/mol. The Hall–Kier alpha value is -4.31. The molecule has 0 saturated heterocycles. The Morgan fingerprint density at radius 1 is 0.921 bits per heavy atom. The van der Waals surface area contributed by atoms with Gasteiger partial charge in [0.15, 0.2) is 0 Å². The Morgan fingerprint density at radius 2 is 1.63 bits per heavy atom. The number of rotatable bonds is 7. The topological polar surface area (TPSA) is 123 Å². The van der Waals surface area contributed by atoms with Gasteiger partial charge in [-0.2, -0.15) is 5.10 Å². The van der Waals surface area contributed by atoms with Gasteiger partial charge in [0.25, 0.3) is 0 Å². The van der Waals surface area contributed by atoms with Gasteiger partial charge in [-0.1, -0.05) is 30.3 Å². The maximum absolute atomic E-state index is 12.7. The molecule has 1 aliphatic rings. The summed E-state index contributed by atoms with van der Waals surface area (Å²) in [6.45, 7) is 3.52. The number of hydrogen-bond donors (Lipinski definition) is 2. The largest absolute Gasteiger partial charge is 0.462 e. The molecule has 1 aromatic heterocycles. The number of hydrogen-bond acceptors (Lipinski definition) is 8. The molecule has 3 aromatic rings. The van der Waals surface area contributed by atoms with Gasteiger partial charge in [-0.25, -0.2) is 15.0 Å². The number of aryl methyl sites for hydroxylation is 1. The highest BCUT2D eigenvalue weighted by atomic mass is 32.1. The van der Waals surface area contributed by atoms with Gasteiger partial charge in [0.2, 0.25) is 0 Å². The highest BCUT2D eigenvalue weighted by molar-refractivity contribution is 7.17. The van der Waals surface area contributed by atoms with Gasteiger partial charge in [-0.3, -0.25) is 9.59 Å². The molecule has 0 saturated carbocycles. The van der Waals surface area contributed by atoms with Gasteiger partial charge in [-0.15, -0.1) is 11.3 Å². The van der Waals surface area contributed by atoms with Crippen LogP contribution in [0.5, 0.6) is 5.75 Å². The van der Waals surface area contributed by atoms with E-state index in [1.54, 1.807) is 68.4 Å². The van der Waals surface area contributed by atoms with Gasteiger partial charge in [0.1, 0.15) is 10.8 Å². The van der Waals surface area contributed by atoms with Crippen molar-refractivity contribution in [2.75, 3.05) is 11.9 Å². The van der Waals surface area contributed by atoms with E-state index in [1.807, 2.05) is 0 Å². The van der Waals surface area contributed by atoms with Crippen molar-refractivity contribution in [1.29, 1.82) is 0 Å². The van der Waals surface area contributed by atoms with Crippen LogP contribution in [0.3, 0.4) is 0 Å². The molecule has 10 heteroatoms. The van der Waals surface area contributed by atoms with Crippen molar-refractivity contribution in [3.8, 4) is 5.75 Å². The summed E-state index contributed by atoms with van der Waals surface area (Å²) >= 11 is 1.29. The van der Waals surface area contributed by atoms with Crippen LogP contribution in [0.2, 0.25) is 0 Å². The maximum Gasteiger partial charge on any atom is 0.343 e. The van der Waals surface area contributed by atoms with Gasteiger partial charge < -0.3 is 14.8 Å². The molecule has 1 aliphatic carbocycles. The standard InChI is InChI=1S/C28H27N3O6S/c1-3-36-28(35)23-20-14-8-10-16-22(20)38-26(23)29-24(32)25(33)31-30-17(2)19-13-7-9-15-21(19)37-27(34)18-11-5-4-6-12-18/h4-7,9,11-13,15H,3,8,10,14,16H2,1-2H3,(H,29,32)(H,31,33)/b30-17+. The van der Waals surface area contributed by atoms with Gasteiger partial charge in [0.05, 0.1) is 23.4 Å². The normalized spacial score (nSPS) is 12.7. The lowest BCUT2D eigenvalue weighted by Crippen LogP contribution is -2.33. The zero-order chi connectivity index (χ0) is 27.1. The molecule has 196 valence electrons. The van der Waals surface area contributed by atoms with E-state index in [0.717, 1.165) is 36.1 Å². The molecule has 2 N–H and O–H groups in total. The monoisotopic (exact) mass is 533 g/mol. The molecule has 0 aliphatic heterocycles. The summed E-state index contributed by atoms with van der Waals surface area (Å²) < 4.78 is 10.7. The summed E-state index contributed by atoms with van der Waals surface area (Å²) in [6, 6.07) is 15.3. The van der Waals surface area contributed by atoms with Crippen LogP contribution in [-0.4, -0.2) is 36.1 Å². The summed E-state index contributed by atoms with van der Waals surface area (Å²) in [5, 5.41) is 6.88. The van der Waals surface area contributed by atoms with Crippen LogP contribution in [0.4, 0.5) is 5.00 Å². The molecule has 0 spiro atoms. The number of esters is 2. The number of fused-ring (bicyclic) bond motifs is 1. The number of para-hydroxylation sites is 1. The van der Waals surface area contributed by atoms with E-state index in [0.29, 0.717) is 27.4 Å². The molecule has 0 radical (unpaired) electrons. The zero-order valence-corrected chi connectivity index (χ0v) is 21.9. The van der Waals surface area contributed by atoms with Crippen molar-refractivity contribution >= 4 is 45.8 Å². The van der Waals surface area contributed by atoms with E-state index >= 15 is 0 Å². The van der Waals surface area contributed by atoms with Crippen molar-refractivity contribution in [3.05, 3.63) is 81.7 Å². The summed E-state index contributed by atoms with van der Waals surface area (Å²) in [4.78, 5) is 51.3. The number of benzene rings is 2. The number of carbonyl (C=O) groups is 4. The van der Waals surface area contributed by atoms with Gasteiger partial charge in [-0.05, 0) is 69.4 Å². The average Bonchev–Trinajstić information content (AvgIpc) is 3.30. The predicted octanol–water partition coefficient (Wildman–Crippen LogP) is 4.50. The Morgan fingerprint density at radius 3 is 2.39 bits per heavy atom. The number of hydrazone groups is 1. The first-order valence-electron chi connectivity index (χ1n) is 12.2. The Balaban J connectivity index is 1.46. The molecule has 4 rings (SSSR count). The van der Waals surface area contributed by atoms with E-state index < -0.39 is 23.8 Å². The molecule has 9 nitrogen and oxygen atoms in total. The van der Waals surface area contributed by atoms with Crippen molar-refractivity contribution in [3.63, 3.8) is 0 Å². The van der Waals surface area contributed by atoms with Crippen LogP contribution in [-0.2, 0) is 27.2 Å². The van der Waals surface area contributed by atoms with Crippen molar-refractivity contribution < 1.29 is 28.7 Å². The molecule has 0 atom stereocenters. The molecular formula is C28H27N3O6S. The van der Waals surface area contributed by atoms with E-state index in [2.05, 4.69) is 15.8 Å². The first kappa shape index (κ1) is 26.7. The number of nitrogens with zero attached hydrogens (tertiary/aromatic N) is 1. The van der Waals surface area contributed by atoms with E-state index in [9.17, 15) is 19.2 Å². The number of ether oxygens (including phenoxy) is 2. The van der Waals surface area contributed by atoms with Crippen LogP contribution in [0, 0.1) is 0 Å². The second kappa shape index (κ2) is 12.3. The van der Waals surface area contributed by atoms with E-state index in [-0.39, 0.29) is 12.4 Å². The summed E-state index contributed by atoms with van der Waals surface area (Å²) in [7, 11) is 0. The Labute approximate surface area is 223 Å². The molecular weight excluding hydrogens is 506 g/mol. The number of thiophene rings is 1. The fourth-order valence-corrected chi connectivity index (χ4v) is 5.34. The minimum atomic E-state index is -1.01. The summed E-state index contributed by atoms with van der Waals surface area (Å²) in [6.07, 6.45) is 3.48. The van der Waals surface area contributed by atoms with Crippen LogP contribution in [0.15, 0.2) is 59.7 Å². The lowest BCUT2D eigenvalue weighted by Gasteiger charge is -2.12. The summed E-state index contributed by atoms with van der Waals surface area (Å²) in [5.74, 6) is -2.77. The summed E-state index contributed by atoms with van der Waals surface area (Å²) in [5.41, 5.74) is 4.61. The quantitative estimate of drug-likeness (QED) is 0.152. The zero-order valence-electron chi connectivity index (χ0n) is 21.0. The Kier molecular flexibility index (Phi) is 8.65. The molecule has 2 amide bonds. The maximum atomic E-state index is 12.7. The number of anilines is 1. The molecule has 38 heavy (non-hydrogen) atoms. The minimum Gasteiger partial charge on any atom is -0.462 e. The molecule has 2 aromatic carbocycles. The highest BCUT2D eigenvalue weighted by Gasteiger charge is 2.28. The van der Waals surface area contributed by atoms with E-state index in [4.69, 9.17) is 9.47 Å². The number of nitrogens with one attached hydrogen (secondary N) is 2. The van der Waals surface area contributed by atoms with Gasteiger partial charge >= 0.3 is 23.8 Å². The molecule has 0 fully saturated rings. The third-order valence-electron chi connectivity index (χ3n) is 5.90. The van der Waals surface area contributed by atoms with Crippen LogP contribution < -0.4 is 15.5 Å². The smallest absolute Gasteiger partial charge is 0.343 e. The minimum absolute atomic E-state index is 0.202. The fraction of sp³-hybridized carbons (Fsp3) is 0.250. The second-order valence-corrected chi connectivity index (χ2v) is 9.58. The second-order valence-electron chi connectivity index (χ2n) is 8.48. The van der Waals surface area contributed by atoms with Crippen LogP contribution >= 0.6 is 11.3 Å². The van der Waals surface area contributed by atoms with Gasteiger partial charge in [0, 0.05) is 10.4 Å². The van der Waals surface area contributed by atoms with Crippen molar-refractivity contribution in [2.24, 2.45) is 5.10 Å². The molecule has 1 heterocycles. The molecule has 0 unspecified atom stereocenters. The lowest BCUT2D eigenvalue weighted by molar-refractivity contribution is -0.136. The number of carbonyl (C=O) groups excluding carboxylic acids is 4. The third kappa shape index (κ3) is 6.15. The first-order valence-corrected chi connectivity index (χ1v) is 13.0. The lowest BCUT2D eigenvalue weighted by atomic mass is 9.95.